The van der Waals surface area contributed by atoms with Crippen molar-refractivity contribution in [3.8, 4) is 22.3 Å². The van der Waals surface area contributed by atoms with Gasteiger partial charge in [0, 0.05) is 17.1 Å². The lowest BCUT2D eigenvalue weighted by Crippen LogP contribution is -2.28. The summed E-state index contributed by atoms with van der Waals surface area (Å²) < 4.78 is 0. The minimum Gasteiger partial charge on any atom is -0.310 e. The van der Waals surface area contributed by atoms with Crippen LogP contribution in [0.4, 0.5) is 17.1 Å². The summed E-state index contributed by atoms with van der Waals surface area (Å²) in [6, 6.07) is 92.3. The minimum absolute atomic E-state index is 0.518. The van der Waals surface area contributed by atoms with Crippen molar-refractivity contribution in [2.24, 2.45) is 0 Å². The first-order valence-corrected chi connectivity index (χ1v) is 23.3. The number of anilines is 3. The fourth-order valence-corrected chi connectivity index (χ4v) is 11.1. The normalized spacial score (nSPS) is 12.5. The molecule has 0 aromatic heterocycles. The van der Waals surface area contributed by atoms with Crippen LogP contribution in [0.5, 0.6) is 0 Å². The lowest BCUT2D eigenvalue weighted by Gasteiger charge is -2.35. The van der Waals surface area contributed by atoms with E-state index in [1.165, 1.54) is 98.4 Å². The summed E-state index contributed by atoms with van der Waals surface area (Å²) in [6.45, 7) is 4.00. The van der Waals surface area contributed by atoms with Crippen LogP contribution in [0.3, 0.4) is 0 Å². The van der Waals surface area contributed by atoms with Crippen molar-refractivity contribution in [3.05, 3.63) is 271 Å². The molecule has 1 aliphatic rings. The van der Waals surface area contributed by atoms with E-state index in [9.17, 15) is 0 Å². The fourth-order valence-electron chi connectivity index (χ4n) is 11.1. The van der Waals surface area contributed by atoms with Gasteiger partial charge in [-0.1, -0.05) is 220 Å². The Morgan fingerprint density at radius 3 is 1.35 bits per heavy atom. The molecule has 0 unspecified atom stereocenters. The first-order valence-electron chi connectivity index (χ1n) is 23.3. The molecule has 0 amide bonds. The third-order valence-electron chi connectivity index (χ3n) is 13.9. The van der Waals surface area contributed by atoms with E-state index in [1.54, 1.807) is 0 Å². The molecule has 13 rings (SSSR count). The van der Waals surface area contributed by atoms with Crippen LogP contribution in [0.1, 0.15) is 36.1 Å². The van der Waals surface area contributed by atoms with Crippen LogP contribution in [0.2, 0.25) is 0 Å². The monoisotopic (exact) mass is 841 g/mol. The van der Waals surface area contributed by atoms with Gasteiger partial charge in [-0.25, -0.2) is 0 Å². The average molecular weight is 842 g/mol. The first kappa shape index (κ1) is 39.3. The van der Waals surface area contributed by atoms with Crippen LogP contribution in [-0.2, 0) is 5.41 Å². The molecule has 0 bridgehead atoms. The summed E-state index contributed by atoms with van der Waals surface area (Å²) >= 11 is 0. The predicted octanol–water partition coefficient (Wildman–Crippen LogP) is 18.0. The summed E-state index contributed by atoms with van der Waals surface area (Å²) in [5.41, 5.74) is 12.9. The van der Waals surface area contributed by atoms with Gasteiger partial charge in [-0.3, -0.25) is 0 Å². The number of benzene rings is 12. The Morgan fingerprint density at radius 2 is 0.712 bits per heavy atom. The summed E-state index contributed by atoms with van der Waals surface area (Å²) in [5, 5.41) is 12.6. The standard InChI is InChI=1S/C63H41N.C2H6/c1-3-18-44(19-4-1)63(45-20-5-2-6-21-45)61-30-16-15-29-57(61)58-38-36-48(41-62(58)63)64(47-35-37-56-53-26-11-10-24-51(53)52-25-12-14-28-55(52)60(56)40-47)46-33-31-42(32-34-46)59-39-43-17-7-8-22-49(43)50-23-9-13-27-54(50)59;1-2/h1-41H;1-2H3. The van der Waals surface area contributed by atoms with Gasteiger partial charge in [0.05, 0.1) is 5.41 Å². The van der Waals surface area contributed by atoms with Crippen LogP contribution in [-0.4, -0.2) is 0 Å². The largest absolute Gasteiger partial charge is 0.310 e. The van der Waals surface area contributed by atoms with E-state index in [0.29, 0.717) is 0 Å². The van der Waals surface area contributed by atoms with Crippen molar-refractivity contribution in [1.29, 1.82) is 0 Å². The maximum Gasteiger partial charge on any atom is 0.0714 e. The van der Waals surface area contributed by atoms with Crippen molar-refractivity contribution in [1.82, 2.24) is 0 Å². The van der Waals surface area contributed by atoms with Crippen LogP contribution in [0.25, 0.3) is 76.1 Å². The van der Waals surface area contributed by atoms with E-state index in [0.717, 1.165) is 17.1 Å². The molecular weight excluding hydrogens is 795 g/mol. The van der Waals surface area contributed by atoms with Gasteiger partial charge in [0.1, 0.15) is 0 Å². The second-order valence-corrected chi connectivity index (χ2v) is 17.2. The maximum atomic E-state index is 2.47. The number of fused-ring (bicyclic) bond motifs is 12. The molecule has 66 heavy (non-hydrogen) atoms. The average Bonchev–Trinajstić information content (AvgIpc) is 3.70. The predicted molar refractivity (Wildman–Crippen MR) is 283 cm³/mol. The smallest absolute Gasteiger partial charge is 0.0714 e. The van der Waals surface area contributed by atoms with Gasteiger partial charge in [0.15, 0.2) is 0 Å². The molecule has 0 saturated carbocycles. The fraction of sp³-hybridized carbons (Fsp3) is 0.0462. The Hall–Kier alpha value is -8.26. The topological polar surface area (TPSA) is 3.24 Å². The van der Waals surface area contributed by atoms with Gasteiger partial charge in [-0.2, -0.15) is 0 Å². The second kappa shape index (κ2) is 16.1. The molecule has 0 aliphatic heterocycles. The summed E-state index contributed by atoms with van der Waals surface area (Å²) in [6.07, 6.45) is 0. The zero-order valence-corrected chi connectivity index (χ0v) is 37.1. The molecule has 12 aromatic carbocycles. The molecule has 312 valence electrons. The zero-order valence-electron chi connectivity index (χ0n) is 37.1. The van der Waals surface area contributed by atoms with E-state index < -0.39 is 5.41 Å². The van der Waals surface area contributed by atoms with E-state index in [4.69, 9.17) is 0 Å². The van der Waals surface area contributed by atoms with E-state index in [-0.39, 0.29) is 0 Å². The van der Waals surface area contributed by atoms with Crippen molar-refractivity contribution >= 4 is 70.9 Å². The number of hydrogen-bond donors (Lipinski definition) is 0. The highest BCUT2D eigenvalue weighted by Gasteiger charge is 2.46. The summed E-state index contributed by atoms with van der Waals surface area (Å²) in [7, 11) is 0. The van der Waals surface area contributed by atoms with Crippen molar-refractivity contribution in [2.45, 2.75) is 19.3 Å². The molecule has 0 radical (unpaired) electrons. The molecule has 0 heterocycles. The Labute approximate surface area is 386 Å². The third kappa shape index (κ3) is 6.01. The van der Waals surface area contributed by atoms with Crippen molar-refractivity contribution in [2.75, 3.05) is 4.90 Å². The Kier molecular flexibility index (Phi) is 9.58. The van der Waals surface area contributed by atoms with Crippen LogP contribution < -0.4 is 4.90 Å². The highest BCUT2D eigenvalue weighted by molar-refractivity contribution is 6.26. The molecule has 0 spiro atoms. The Bertz CT molecular complexity index is 3700. The van der Waals surface area contributed by atoms with Crippen molar-refractivity contribution in [3.63, 3.8) is 0 Å². The molecule has 1 heteroatoms. The number of hydrogen-bond acceptors (Lipinski definition) is 1. The highest BCUT2D eigenvalue weighted by atomic mass is 15.1. The quantitative estimate of drug-likeness (QED) is 0.151. The zero-order chi connectivity index (χ0) is 44.2. The Morgan fingerprint density at radius 1 is 0.273 bits per heavy atom. The number of nitrogens with zero attached hydrogens (tertiary/aromatic N) is 1. The van der Waals surface area contributed by atoms with Crippen LogP contribution in [0, 0.1) is 0 Å². The molecule has 1 nitrogen and oxygen atoms in total. The molecule has 0 atom stereocenters. The van der Waals surface area contributed by atoms with Gasteiger partial charge in [-0.15, -0.1) is 0 Å². The first-order chi connectivity index (χ1) is 32.8. The lowest BCUT2D eigenvalue weighted by molar-refractivity contribution is 0.768. The maximum absolute atomic E-state index is 2.47. The minimum atomic E-state index is -0.518. The van der Waals surface area contributed by atoms with Gasteiger partial charge >= 0.3 is 0 Å². The summed E-state index contributed by atoms with van der Waals surface area (Å²) in [5.74, 6) is 0. The van der Waals surface area contributed by atoms with Crippen molar-refractivity contribution < 1.29 is 0 Å². The van der Waals surface area contributed by atoms with Gasteiger partial charge in [0.25, 0.3) is 0 Å². The SMILES string of the molecule is CC.c1ccc(C2(c3ccccc3)c3ccccc3-c3ccc(N(c4ccc(-c5cc6ccccc6c6ccccc56)cc4)c4ccc5c6ccccc6c6ccccc6c5c4)cc32)cc1. The highest BCUT2D eigenvalue weighted by Crippen LogP contribution is 2.57. The van der Waals surface area contributed by atoms with Crippen LogP contribution >= 0.6 is 0 Å². The number of rotatable bonds is 6. The Balaban J connectivity index is 0.00000225. The van der Waals surface area contributed by atoms with E-state index >= 15 is 0 Å². The summed E-state index contributed by atoms with van der Waals surface area (Å²) in [4.78, 5) is 2.47. The molecular formula is C65H47N. The van der Waals surface area contributed by atoms with Gasteiger partial charge in [0.2, 0.25) is 0 Å². The van der Waals surface area contributed by atoms with Crippen LogP contribution in [0.15, 0.2) is 249 Å². The van der Waals surface area contributed by atoms with E-state index in [2.05, 4.69) is 254 Å². The molecule has 12 aromatic rings. The molecule has 0 saturated heterocycles. The molecule has 0 N–H and O–H groups in total. The van der Waals surface area contributed by atoms with E-state index in [1.807, 2.05) is 13.8 Å². The third-order valence-corrected chi connectivity index (χ3v) is 13.9. The lowest BCUT2D eigenvalue weighted by atomic mass is 9.67. The van der Waals surface area contributed by atoms with Gasteiger partial charge < -0.3 is 4.90 Å². The second-order valence-electron chi connectivity index (χ2n) is 17.2. The van der Waals surface area contributed by atoms with Gasteiger partial charge in [-0.05, 0) is 141 Å². The molecule has 0 fully saturated rings. The molecule has 1 aliphatic carbocycles.